The van der Waals surface area contributed by atoms with E-state index in [4.69, 9.17) is 15.9 Å². The number of likely N-dealkylation sites (tertiary alicyclic amines) is 1. The van der Waals surface area contributed by atoms with Crippen molar-refractivity contribution in [3.63, 3.8) is 0 Å². The number of piperidine rings is 1. The van der Waals surface area contributed by atoms with Gasteiger partial charge in [-0.1, -0.05) is 12.1 Å². The minimum absolute atomic E-state index is 0.000677. The first-order valence-electron chi connectivity index (χ1n) is 11.5. The van der Waals surface area contributed by atoms with Crippen molar-refractivity contribution in [2.45, 2.75) is 19.4 Å². The third-order valence-corrected chi connectivity index (χ3v) is 6.46. The highest BCUT2D eigenvalue weighted by Crippen LogP contribution is 2.27. The number of methoxy groups -OCH3 is 1. The molecule has 0 spiro atoms. The Bertz CT molecular complexity index is 947. The van der Waals surface area contributed by atoms with Crippen LogP contribution in [0.3, 0.4) is 0 Å². The van der Waals surface area contributed by atoms with Gasteiger partial charge in [-0.3, -0.25) is 15.2 Å². The van der Waals surface area contributed by atoms with Crippen LogP contribution in [0.15, 0.2) is 42.7 Å². The van der Waals surface area contributed by atoms with Crippen molar-refractivity contribution in [3.05, 3.63) is 54.1 Å². The molecule has 0 aliphatic carbocycles. The molecule has 3 heterocycles. The number of amides is 2. The molecule has 0 saturated carbocycles. The van der Waals surface area contributed by atoms with Gasteiger partial charge in [-0.2, -0.15) is 0 Å². The van der Waals surface area contributed by atoms with Crippen molar-refractivity contribution in [1.29, 1.82) is 5.41 Å². The minimum atomic E-state index is -0.000677. The smallest absolute Gasteiger partial charge is 0.324 e. The number of aromatic nitrogens is 2. The van der Waals surface area contributed by atoms with Gasteiger partial charge in [0.05, 0.1) is 13.2 Å². The second kappa shape index (κ2) is 10.7. The Morgan fingerprint density at radius 2 is 1.91 bits per heavy atom. The zero-order valence-corrected chi connectivity index (χ0v) is 19.2. The molecule has 1 unspecified atom stereocenters. The molecule has 2 aliphatic rings. The Balaban J connectivity index is 1.39. The third-order valence-electron chi connectivity index (χ3n) is 6.46. The van der Waals surface area contributed by atoms with Gasteiger partial charge >= 0.3 is 6.03 Å². The minimum Gasteiger partial charge on any atom is -0.384 e. The predicted octanol–water partition coefficient (Wildman–Crippen LogP) is 2.18. The van der Waals surface area contributed by atoms with Crippen molar-refractivity contribution >= 4 is 17.6 Å². The second-order valence-electron chi connectivity index (χ2n) is 8.97. The summed E-state index contributed by atoms with van der Waals surface area (Å²) in [5, 5.41) is 7.73. The van der Waals surface area contributed by atoms with E-state index in [2.05, 4.69) is 14.9 Å². The first kappa shape index (κ1) is 23.1. The predicted molar refractivity (Wildman–Crippen MR) is 127 cm³/mol. The quantitative estimate of drug-likeness (QED) is 0.470. The Labute approximate surface area is 195 Å². The number of hydrogen-bond donors (Lipinski definition) is 2. The van der Waals surface area contributed by atoms with E-state index >= 15 is 0 Å². The molecule has 9 heteroatoms. The Morgan fingerprint density at radius 1 is 1.15 bits per heavy atom. The van der Waals surface area contributed by atoms with Crippen LogP contribution in [0.5, 0.6) is 0 Å². The van der Waals surface area contributed by atoms with Gasteiger partial charge in [-0.15, -0.1) is 0 Å². The maximum absolute atomic E-state index is 13.4. The van der Waals surface area contributed by atoms with Crippen molar-refractivity contribution in [2.75, 3.05) is 51.3 Å². The number of rotatable bonds is 8. The van der Waals surface area contributed by atoms with Crippen LogP contribution >= 0.6 is 0 Å². The van der Waals surface area contributed by atoms with Crippen LogP contribution in [0.1, 0.15) is 24.2 Å². The maximum Gasteiger partial charge on any atom is 0.324 e. The number of ether oxygens (including phenoxy) is 1. The second-order valence-corrected chi connectivity index (χ2v) is 8.97. The molecule has 9 nitrogen and oxygen atoms in total. The van der Waals surface area contributed by atoms with Crippen LogP contribution in [0.2, 0.25) is 0 Å². The summed E-state index contributed by atoms with van der Waals surface area (Å²) in [5.41, 5.74) is 7.07. The zero-order valence-electron chi connectivity index (χ0n) is 19.2. The average molecular weight is 452 g/mol. The van der Waals surface area contributed by atoms with Crippen molar-refractivity contribution in [1.82, 2.24) is 19.8 Å². The van der Waals surface area contributed by atoms with Gasteiger partial charge in [-0.05, 0) is 50.0 Å². The summed E-state index contributed by atoms with van der Waals surface area (Å²) in [4.78, 5) is 28.3. The molecule has 2 aliphatic heterocycles. The molecule has 2 saturated heterocycles. The molecule has 3 N–H and O–H groups in total. The fourth-order valence-corrected chi connectivity index (χ4v) is 4.76. The highest BCUT2D eigenvalue weighted by atomic mass is 16.5. The molecular formula is C24H33N7O2. The van der Waals surface area contributed by atoms with Crippen LogP contribution in [-0.2, 0) is 11.3 Å². The van der Waals surface area contributed by atoms with Gasteiger partial charge in [-0.25, -0.2) is 14.8 Å². The highest BCUT2D eigenvalue weighted by molar-refractivity contribution is 5.98. The van der Waals surface area contributed by atoms with Gasteiger partial charge < -0.3 is 15.4 Å². The molecule has 33 heavy (non-hydrogen) atoms. The number of nitrogens with two attached hydrogens (primary N) is 1. The van der Waals surface area contributed by atoms with Crippen LogP contribution < -0.4 is 10.6 Å². The van der Waals surface area contributed by atoms with Crippen LogP contribution in [-0.4, -0.2) is 78.1 Å². The van der Waals surface area contributed by atoms with Gasteiger partial charge in [0.25, 0.3) is 0 Å². The standard InChI is InChI=1S/C24H33N7O2/c1-33-17-19-14-30(24(32)31(15-19)21-5-2-4-20(12-21)23(25)26)13-18-6-10-29(11-7-18)16-22-27-8-3-9-28-22/h2-5,8-9,12,18-19H,6-7,10-11,13-17H2,1H3,(H3,25,26). The number of hydrogen-bond acceptors (Lipinski definition) is 6. The summed E-state index contributed by atoms with van der Waals surface area (Å²) < 4.78 is 5.43. The number of carbonyl (C=O) groups is 1. The molecule has 1 aromatic heterocycles. The first-order chi connectivity index (χ1) is 16.0. The number of benzene rings is 1. The molecule has 0 bridgehead atoms. The Hall–Kier alpha value is -3.04. The fourth-order valence-electron chi connectivity index (χ4n) is 4.76. The first-order valence-corrected chi connectivity index (χ1v) is 11.5. The van der Waals surface area contributed by atoms with Crippen LogP contribution in [0, 0.1) is 17.2 Å². The van der Waals surface area contributed by atoms with Gasteiger partial charge in [0, 0.05) is 56.3 Å². The lowest BCUT2D eigenvalue weighted by molar-refractivity contribution is 0.0982. The number of carbonyl (C=O) groups excluding carboxylic acids is 1. The van der Waals surface area contributed by atoms with Crippen LogP contribution in [0.4, 0.5) is 10.5 Å². The van der Waals surface area contributed by atoms with E-state index in [0.29, 0.717) is 31.2 Å². The number of anilines is 1. The maximum atomic E-state index is 13.4. The van der Waals surface area contributed by atoms with Gasteiger partial charge in [0.1, 0.15) is 11.7 Å². The molecule has 0 radical (unpaired) electrons. The normalized spacial score (nSPS) is 20.3. The van der Waals surface area contributed by atoms with E-state index in [1.807, 2.05) is 34.1 Å². The number of nitrogens with zero attached hydrogens (tertiary/aromatic N) is 5. The Kier molecular flexibility index (Phi) is 7.51. The fraction of sp³-hybridized carbons (Fsp3) is 0.500. The number of amidine groups is 1. The highest BCUT2D eigenvalue weighted by Gasteiger charge is 2.34. The lowest BCUT2D eigenvalue weighted by atomic mass is 9.95. The molecular weight excluding hydrogens is 418 g/mol. The molecule has 2 aromatic rings. The molecule has 2 fully saturated rings. The Morgan fingerprint density at radius 3 is 2.61 bits per heavy atom. The summed E-state index contributed by atoms with van der Waals surface area (Å²) in [6, 6.07) is 9.21. The molecule has 1 aromatic carbocycles. The van der Waals surface area contributed by atoms with E-state index < -0.39 is 0 Å². The number of nitrogens with one attached hydrogen (secondary N) is 1. The molecule has 176 valence electrons. The van der Waals surface area contributed by atoms with Gasteiger partial charge in [0.2, 0.25) is 0 Å². The summed E-state index contributed by atoms with van der Waals surface area (Å²) in [6.07, 6.45) is 5.66. The summed E-state index contributed by atoms with van der Waals surface area (Å²) in [5.74, 6) is 1.55. The molecule has 1 atom stereocenters. The summed E-state index contributed by atoms with van der Waals surface area (Å²) >= 11 is 0. The third kappa shape index (κ3) is 5.85. The molecule has 2 amide bonds. The van der Waals surface area contributed by atoms with Crippen molar-refractivity contribution < 1.29 is 9.53 Å². The topological polar surface area (TPSA) is 112 Å². The van der Waals surface area contributed by atoms with E-state index in [-0.39, 0.29) is 17.8 Å². The van der Waals surface area contributed by atoms with E-state index in [0.717, 1.165) is 50.5 Å². The van der Waals surface area contributed by atoms with Crippen molar-refractivity contribution in [3.8, 4) is 0 Å². The monoisotopic (exact) mass is 451 g/mol. The van der Waals surface area contributed by atoms with E-state index in [1.54, 1.807) is 25.6 Å². The summed E-state index contributed by atoms with van der Waals surface area (Å²) in [6.45, 7) is 5.38. The van der Waals surface area contributed by atoms with E-state index in [1.165, 1.54) is 0 Å². The zero-order chi connectivity index (χ0) is 23.2. The van der Waals surface area contributed by atoms with Crippen molar-refractivity contribution in [2.24, 2.45) is 17.6 Å². The number of nitrogen functional groups attached to an aromatic ring is 1. The average Bonchev–Trinajstić information content (AvgIpc) is 2.83. The lowest BCUT2D eigenvalue weighted by Crippen LogP contribution is -2.56. The van der Waals surface area contributed by atoms with E-state index in [9.17, 15) is 4.79 Å². The summed E-state index contributed by atoms with van der Waals surface area (Å²) in [7, 11) is 1.70. The lowest BCUT2D eigenvalue weighted by Gasteiger charge is -2.42. The molecule has 4 rings (SSSR count). The SMILES string of the molecule is COCC1CN(CC2CCN(Cc3ncccn3)CC2)C(=O)N(c2cccc(C(=N)N)c2)C1. The largest absolute Gasteiger partial charge is 0.384 e. The van der Waals surface area contributed by atoms with Gasteiger partial charge in [0.15, 0.2) is 0 Å². The van der Waals surface area contributed by atoms with Crippen LogP contribution in [0.25, 0.3) is 0 Å². The number of urea groups is 1.